The lowest BCUT2D eigenvalue weighted by molar-refractivity contribution is 0.102. The maximum atomic E-state index is 12.9. The molecule has 0 fully saturated rings. The molecule has 0 spiro atoms. The molecule has 5 rings (SSSR count). The van der Waals surface area contributed by atoms with Gasteiger partial charge >= 0.3 is 0 Å². The number of benzene rings is 2. The van der Waals surface area contributed by atoms with E-state index >= 15 is 0 Å². The molecular weight excluding hydrogens is 436 g/mol. The van der Waals surface area contributed by atoms with E-state index in [4.69, 9.17) is 9.47 Å². The number of aromatic nitrogens is 1. The van der Waals surface area contributed by atoms with E-state index in [0.717, 1.165) is 27.7 Å². The number of hydrogen-bond acceptors (Lipinski definition) is 7. The van der Waals surface area contributed by atoms with E-state index in [9.17, 15) is 4.79 Å². The van der Waals surface area contributed by atoms with Crippen LogP contribution in [0, 0.1) is 0 Å². The summed E-state index contributed by atoms with van der Waals surface area (Å²) in [6.07, 6.45) is 0. The van der Waals surface area contributed by atoms with Crippen molar-refractivity contribution in [3.63, 3.8) is 0 Å². The quantitative estimate of drug-likeness (QED) is 0.356. The van der Waals surface area contributed by atoms with Gasteiger partial charge in [-0.2, -0.15) is 0 Å². The number of nitrogens with one attached hydrogen (secondary N) is 1. The van der Waals surface area contributed by atoms with Crippen LogP contribution >= 0.6 is 34.4 Å². The summed E-state index contributed by atoms with van der Waals surface area (Å²) in [5.74, 6) is 2.13. The van der Waals surface area contributed by atoms with E-state index in [0.29, 0.717) is 16.4 Å². The van der Waals surface area contributed by atoms with Crippen LogP contribution in [0.3, 0.4) is 0 Å². The van der Waals surface area contributed by atoms with Crippen LogP contribution in [0.5, 0.6) is 11.5 Å². The summed E-state index contributed by atoms with van der Waals surface area (Å²) in [6, 6.07) is 17.5. The molecule has 0 bridgehead atoms. The number of fused-ring (bicyclic) bond motifs is 1. The Kier molecular flexibility index (Phi) is 5.44. The predicted octanol–water partition coefficient (Wildman–Crippen LogP) is 6.14. The van der Waals surface area contributed by atoms with Gasteiger partial charge in [-0.25, -0.2) is 4.98 Å². The highest BCUT2D eigenvalue weighted by molar-refractivity contribution is 7.98. The Morgan fingerprint density at radius 1 is 1.07 bits per heavy atom. The molecule has 1 N–H and O–H groups in total. The van der Waals surface area contributed by atoms with Gasteiger partial charge in [-0.3, -0.25) is 10.1 Å². The van der Waals surface area contributed by atoms with Crippen molar-refractivity contribution in [3.05, 3.63) is 75.8 Å². The summed E-state index contributed by atoms with van der Waals surface area (Å²) in [5, 5.41) is 7.48. The van der Waals surface area contributed by atoms with Crippen molar-refractivity contribution < 1.29 is 14.3 Å². The first-order valence-electron chi connectivity index (χ1n) is 9.17. The molecule has 0 unspecified atom stereocenters. The SMILES string of the molecule is O=C(Nc1nc(-c2ccc3c(c2)OCO3)cs1)c1ccccc1SCc1cccs1. The normalized spacial score (nSPS) is 12.1. The Morgan fingerprint density at radius 3 is 2.87 bits per heavy atom. The van der Waals surface area contributed by atoms with Gasteiger partial charge in [0.1, 0.15) is 0 Å². The molecule has 0 aliphatic carbocycles. The van der Waals surface area contributed by atoms with Gasteiger partial charge in [0.05, 0.1) is 11.3 Å². The molecule has 0 radical (unpaired) electrons. The van der Waals surface area contributed by atoms with Crippen LogP contribution in [-0.4, -0.2) is 17.7 Å². The Hall–Kier alpha value is -2.81. The number of hydrogen-bond donors (Lipinski definition) is 1. The van der Waals surface area contributed by atoms with Crippen LogP contribution in [0.4, 0.5) is 5.13 Å². The number of anilines is 1. The molecule has 0 saturated heterocycles. The first-order chi connectivity index (χ1) is 14.8. The van der Waals surface area contributed by atoms with E-state index in [2.05, 4.69) is 21.7 Å². The second-order valence-electron chi connectivity index (χ2n) is 6.42. The Balaban J connectivity index is 1.30. The van der Waals surface area contributed by atoms with Crippen LogP contribution in [0.2, 0.25) is 0 Å². The van der Waals surface area contributed by atoms with E-state index in [1.807, 2.05) is 53.9 Å². The molecule has 150 valence electrons. The highest BCUT2D eigenvalue weighted by Crippen LogP contribution is 2.36. The number of rotatable bonds is 6. The van der Waals surface area contributed by atoms with Crippen LogP contribution in [0.1, 0.15) is 15.2 Å². The highest BCUT2D eigenvalue weighted by atomic mass is 32.2. The molecule has 2 aromatic carbocycles. The van der Waals surface area contributed by atoms with Crippen molar-refractivity contribution in [2.45, 2.75) is 10.6 Å². The molecule has 1 aliphatic rings. The maximum absolute atomic E-state index is 12.9. The molecule has 8 heteroatoms. The molecule has 0 saturated carbocycles. The van der Waals surface area contributed by atoms with Crippen molar-refractivity contribution in [2.24, 2.45) is 0 Å². The van der Waals surface area contributed by atoms with Gasteiger partial charge in [-0.15, -0.1) is 34.4 Å². The minimum absolute atomic E-state index is 0.157. The minimum Gasteiger partial charge on any atom is -0.454 e. The number of carbonyl (C=O) groups is 1. The minimum atomic E-state index is -0.157. The van der Waals surface area contributed by atoms with Crippen molar-refractivity contribution in [2.75, 3.05) is 12.1 Å². The number of nitrogens with zero attached hydrogens (tertiary/aromatic N) is 1. The second kappa shape index (κ2) is 8.51. The maximum Gasteiger partial charge on any atom is 0.258 e. The zero-order chi connectivity index (χ0) is 20.3. The Bertz CT molecular complexity index is 1190. The molecule has 2 aromatic heterocycles. The third-order valence-corrected chi connectivity index (χ3v) is 7.41. The molecule has 5 nitrogen and oxygen atoms in total. The van der Waals surface area contributed by atoms with E-state index < -0.39 is 0 Å². The van der Waals surface area contributed by atoms with Gasteiger partial charge in [-0.1, -0.05) is 18.2 Å². The summed E-state index contributed by atoms with van der Waals surface area (Å²) in [6.45, 7) is 0.237. The average Bonchev–Trinajstić information content (AvgIpc) is 3.53. The number of thiazole rings is 1. The molecule has 0 atom stereocenters. The lowest BCUT2D eigenvalue weighted by Gasteiger charge is -2.08. The fraction of sp³-hybridized carbons (Fsp3) is 0.0909. The fourth-order valence-electron chi connectivity index (χ4n) is 3.01. The molecule has 3 heterocycles. The van der Waals surface area contributed by atoms with E-state index in [1.54, 1.807) is 23.1 Å². The molecular formula is C22H16N2O3S3. The summed E-state index contributed by atoms with van der Waals surface area (Å²) < 4.78 is 10.8. The first-order valence-corrected chi connectivity index (χ1v) is 11.9. The van der Waals surface area contributed by atoms with Crippen LogP contribution in [-0.2, 0) is 5.75 Å². The summed E-state index contributed by atoms with van der Waals surface area (Å²) in [7, 11) is 0. The van der Waals surface area contributed by atoms with Crippen LogP contribution in [0.15, 0.2) is 70.3 Å². The van der Waals surface area contributed by atoms with Gasteiger partial charge in [0.2, 0.25) is 6.79 Å². The summed E-state index contributed by atoms with van der Waals surface area (Å²) in [4.78, 5) is 19.7. The van der Waals surface area contributed by atoms with Crippen molar-refractivity contribution >= 4 is 45.5 Å². The van der Waals surface area contributed by atoms with Crippen molar-refractivity contribution in [1.82, 2.24) is 4.98 Å². The molecule has 1 amide bonds. The summed E-state index contributed by atoms with van der Waals surface area (Å²) >= 11 is 4.78. The van der Waals surface area contributed by atoms with Gasteiger partial charge < -0.3 is 9.47 Å². The summed E-state index contributed by atoms with van der Waals surface area (Å²) in [5.41, 5.74) is 2.36. The zero-order valence-corrected chi connectivity index (χ0v) is 18.1. The molecule has 1 aliphatic heterocycles. The lowest BCUT2D eigenvalue weighted by atomic mass is 10.1. The Morgan fingerprint density at radius 2 is 1.97 bits per heavy atom. The van der Waals surface area contributed by atoms with Crippen LogP contribution in [0.25, 0.3) is 11.3 Å². The van der Waals surface area contributed by atoms with E-state index in [-0.39, 0.29) is 12.7 Å². The lowest BCUT2D eigenvalue weighted by Crippen LogP contribution is -2.12. The standard InChI is InChI=1S/C22H16N2O3S3/c25-21(16-5-1-2-6-20(16)29-11-15-4-3-9-28-15)24-22-23-17(12-30-22)14-7-8-18-19(10-14)27-13-26-18/h1-10,12H,11,13H2,(H,23,24,25). The number of thiophene rings is 1. The monoisotopic (exact) mass is 452 g/mol. The largest absolute Gasteiger partial charge is 0.454 e. The smallest absolute Gasteiger partial charge is 0.258 e. The van der Waals surface area contributed by atoms with Gasteiger partial charge in [0, 0.05) is 26.5 Å². The molecule has 30 heavy (non-hydrogen) atoms. The highest BCUT2D eigenvalue weighted by Gasteiger charge is 2.17. The van der Waals surface area contributed by atoms with Crippen molar-refractivity contribution in [1.29, 1.82) is 0 Å². The van der Waals surface area contributed by atoms with Gasteiger partial charge in [-0.05, 0) is 41.8 Å². The number of carbonyl (C=O) groups excluding carboxylic acids is 1. The number of amides is 1. The topological polar surface area (TPSA) is 60.5 Å². The number of thioether (sulfide) groups is 1. The average molecular weight is 453 g/mol. The first kappa shape index (κ1) is 19.2. The van der Waals surface area contributed by atoms with E-state index in [1.165, 1.54) is 16.2 Å². The zero-order valence-electron chi connectivity index (χ0n) is 15.7. The van der Waals surface area contributed by atoms with Crippen molar-refractivity contribution in [3.8, 4) is 22.8 Å². The Labute approximate surface area is 185 Å². The second-order valence-corrected chi connectivity index (χ2v) is 9.33. The number of ether oxygens (including phenoxy) is 2. The third-order valence-electron chi connectivity index (χ3n) is 4.47. The fourth-order valence-corrected chi connectivity index (χ4v) is 5.55. The van der Waals surface area contributed by atoms with Gasteiger partial charge in [0.25, 0.3) is 5.91 Å². The third kappa shape index (κ3) is 4.07. The van der Waals surface area contributed by atoms with Gasteiger partial charge in [0.15, 0.2) is 16.6 Å². The van der Waals surface area contributed by atoms with Crippen LogP contribution < -0.4 is 14.8 Å². The predicted molar refractivity (Wildman–Crippen MR) is 122 cm³/mol. The molecule has 4 aromatic rings.